The summed E-state index contributed by atoms with van der Waals surface area (Å²) in [5.41, 5.74) is 3.92. The maximum atomic E-state index is 11.9. The molecule has 0 aliphatic heterocycles. The third-order valence-electron chi connectivity index (χ3n) is 3.47. The molecule has 1 unspecified atom stereocenters. The number of nitrogens with zero attached hydrogens (tertiary/aromatic N) is 1. The predicted octanol–water partition coefficient (Wildman–Crippen LogP) is 3.38. The number of hydrogen-bond acceptors (Lipinski definition) is 3. The third kappa shape index (κ3) is 4.45. The van der Waals surface area contributed by atoms with Crippen LogP contribution in [-0.4, -0.2) is 17.2 Å². The number of nitrogens with one attached hydrogen (secondary N) is 1. The van der Waals surface area contributed by atoms with Gasteiger partial charge in [0.25, 0.3) is 5.91 Å². The van der Waals surface area contributed by atoms with Crippen LogP contribution in [0, 0.1) is 5.92 Å². The molecule has 22 heavy (non-hydrogen) atoms. The van der Waals surface area contributed by atoms with Gasteiger partial charge in [-0.25, -0.2) is 5.43 Å². The average Bonchev–Trinajstić information content (AvgIpc) is 2.55. The van der Waals surface area contributed by atoms with Crippen LogP contribution < -0.4 is 5.43 Å². The second-order valence-electron chi connectivity index (χ2n) is 5.09. The Bertz CT molecular complexity index is 639. The van der Waals surface area contributed by atoms with E-state index in [2.05, 4.69) is 29.6 Å². The Morgan fingerprint density at radius 3 is 2.55 bits per heavy atom. The van der Waals surface area contributed by atoms with Gasteiger partial charge < -0.3 is 5.11 Å². The summed E-state index contributed by atoms with van der Waals surface area (Å²) in [6.07, 6.45) is 3.57. The van der Waals surface area contributed by atoms with Crippen molar-refractivity contribution in [1.29, 1.82) is 0 Å². The van der Waals surface area contributed by atoms with Crippen LogP contribution in [0.4, 0.5) is 0 Å². The van der Waals surface area contributed by atoms with E-state index in [-0.39, 0.29) is 17.2 Å². The highest BCUT2D eigenvalue weighted by Gasteiger charge is 2.09. The van der Waals surface area contributed by atoms with Crippen LogP contribution in [-0.2, 0) is 6.42 Å². The van der Waals surface area contributed by atoms with E-state index in [1.54, 1.807) is 24.4 Å². The number of carbonyl (C=O) groups is 1. The first-order valence-electron chi connectivity index (χ1n) is 7.36. The van der Waals surface area contributed by atoms with Crippen LogP contribution in [0.5, 0.6) is 5.75 Å². The Morgan fingerprint density at radius 1 is 1.18 bits per heavy atom. The molecule has 0 saturated heterocycles. The second kappa shape index (κ2) is 7.98. The van der Waals surface area contributed by atoms with Gasteiger partial charge in [0.1, 0.15) is 5.75 Å². The standard InChI is InChI=1S/C18H20N2O2/c1-2-14(12-15-8-4-3-5-9-15)13-19-20-18(22)16-10-6-7-11-17(16)21/h3-11,13-14,21H,2,12H2,1H3,(H,20,22)/b19-13+. The van der Waals surface area contributed by atoms with Crippen molar-refractivity contribution in [1.82, 2.24) is 5.43 Å². The second-order valence-corrected chi connectivity index (χ2v) is 5.09. The molecule has 0 radical (unpaired) electrons. The summed E-state index contributed by atoms with van der Waals surface area (Å²) in [6, 6.07) is 16.6. The number of phenols is 1. The molecule has 2 aromatic carbocycles. The number of para-hydroxylation sites is 1. The van der Waals surface area contributed by atoms with Gasteiger partial charge in [0.05, 0.1) is 5.56 Å². The molecule has 0 bridgehead atoms. The first-order chi connectivity index (χ1) is 10.7. The van der Waals surface area contributed by atoms with Gasteiger partial charge in [0.2, 0.25) is 0 Å². The zero-order chi connectivity index (χ0) is 15.8. The number of aromatic hydroxyl groups is 1. The number of hydrazone groups is 1. The van der Waals surface area contributed by atoms with E-state index in [4.69, 9.17) is 0 Å². The fourth-order valence-electron chi connectivity index (χ4n) is 2.15. The van der Waals surface area contributed by atoms with Crippen molar-refractivity contribution in [3.05, 3.63) is 65.7 Å². The van der Waals surface area contributed by atoms with Gasteiger partial charge in [-0.05, 0) is 36.5 Å². The number of phenolic OH excluding ortho intramolecular Hbond substituents is 1. The van der Waals surface area contributed by atoms with Crippen molar-refractivity contribution in [2.75, 3.05) is 0 Å². The topological polar surface area (TPSA) is 61.7 Å². The number of hydrogen-bond donors (Lipinski definition) is 2. The lowest BCUT2D eigenvalue weighted by atomic mass is 9.98. The van der Waals surface area contributed by atoms with Crippen LogP contribution in [0.2, 0.25) is 0 Å². The molecule has 0 aliphatic rings. The van der Waals surface area contributed by atoms with E-state index in [9.17, 15) is 9.90 Å². The smallest absolute Gasteiger partial charge is 0.275 e. The maximum absolute atomic E-state index is 11.9. The SMILES string of the molecule is CCC(/C=N/NC(=O)c1ccccc1O)Cc1ccccc1. The highest BCUT2D eigenvalue weighted by atomic mass is 16.3. The molecule has 1 amide bonds. The minimum Gasteiger partial charge on any atom is -0.507 e. The fraction of sp³-hybridized carbons (Fsp3) is 0.222. The van der Waals surface area contributed by atoms with Crippen molar-refractivity contribution < 1.29 is 9.90 Å². The Morgan fingerprint density at radius 2 is 1.86 bits per heavy atom. The van der Waals surface area contributed by atoms with Gasteiger partial charge in [-0.3, -0.25) is 4.79 Å². The summed E-state index contributed by atoms with van der Waals surface area (Å²) in [5.74, 6) is -0.206. The van der Waals surface area contributed by atoms with E-state index >= 15 is 0 Å². The van der Waals surface area contributed by atoms with Crippen LogP contribution in [0.25, 0.3) is 0 Å². The van der Waals surface area contributed by atoms with E-state index in [0.29, 0.717) is 0 Å². The van der Waals surface area contributed by atoms with Crippen LogP contribution in [0.15, 0.2) is 59.7 Å². The molecule has 0 spiro atoms. The minimum absolute atomic E-state index is 0.0495. The summed E-state index contributed by atoms with van der Waals surface area (Å²) in [7, 11) is 0. The Labute approximate surface area is 130 Å². The van der Waals surface area contributed by atoms with E-state index in [1.165, 1.54) is 11.6 Å². The minimum atomic E-state index is -0.413. The van der Waals surface area contributed by atoms with Crippen molar-refractivity contribution in [2.24, 2.45) is 11.0 Å². The Hall–Kier alpha value is -2.62. The van der Waals surface area contributed by atoms with Gasteiger partial charge in [-0.1, -0.05) is 49.4 Å². The molecular weight excluding hydrogens is 276 g/mol. The lowest BCUT2D eigenvalue weighted by Crippen LogP contribution is -2.19. The van der Waals surface area contributed by atoms with Crippen LogP contribution in [0.1, 0.15) is 29.3 Å². The molecule has 0 aromatic heterocycles. The number of rotatable bonds is 6. The number of benzene rings is 2. The summed E-state index contributed by atoms with van der Waals surface area (Å²) in [5, 5.41) is 13.6. The summed E-state index contributed by atoms with van der Waals surface area (Å²) < 4.78 is 0. The summed E-state index contributed by atoms with van der Waals surface area (Å²) in [4.78, 5) is 11.9. The highest BCUT2D eigenvalue weighted by molar-refractivity contribution is 5.96. The largest absolute Gasteiger partial charge is 0.507 e. The van der Waals surface area contributed by atoms with Crippen LogP contribution in [0.3, 0.4) is 0 Å². The summed E-state index contributed by atoms with van der Waals surface area (Å²) in [6.45, 7) is 2.09. The van der Waals surface area contributed by atoms with Crippen LogP contribution >= 0.6 is 0 Å². The lowest BCUT2D eigenvalue weighted by molar-refractivity contribution is 0.0952. The Balaban J connectivity index is 1.93. The Kier molecular flexibility index (Phi) is 5.72. The van der Waals surface area contributed by atoms with Gasteiger partial charge in [0.15, 0.2) is 0 Å². The summed E-state index contributed by atoms with van der Waals surface area (Å²) >= 11 is 0. The first-order valence-corrected chi connectivity index (χ1v) is 7.36. The third-order valence-corrected chi connectivity index (χ3v) is 3.47. The monoisotopic (exact) mass is 296 g/mol. The molecule has 2 N–H and O–H groups in total. The predicted molar refractivity (Wildman–Crippen MR) is 88.0 cm³/mol. The van der Waals surface area contributed by atoms with Crippen molar-refractivity contribution in [3.63, 3.8) is 0 Å². The average molecular weight is 296 g/mol. The van der Waals surface area contributed by atoms with Crippen molar-refractivity contribution in [2.45, 2.75) is 19.8 Å². The fourth-order valence-corrected chi connectivity index (χ4v) is 2.15. The number of carbonyl (C=O) groups excluding carboxylic acids is 1. The number of amides is 1. The molecule has 1 atom stereocenters. The van der Waals surface area contributed by atoms with Gasteiger partial charge in [0, 0.05) is 6.21 Å². The molecule has 0 aliphatic carbocycles. The molecule has 0 heterocycles. The van der Waals surface area contributed by atoms with Crippen molar-refractivity contribution in [3.8, 4) is 5.75 Å². The molecule has 2 aromatic rings. The quantitative estimate of drug-likeness (QED) is 0.634. The maximum Gasteiger partial charge on any atom is 0.275 e. The van der Waals surface area contributed by atoms with E-state index < -0.39 is 5.91 Å². The van der Waals surface area contributed by atoms with Gasteiger partial charge in [-0.15, -0.1) is 0 Å². The van der Waals surface area contributed by atoms with Gasteiger partial charge >= 0.3 is 0 Å². The molecule has 114 valence electrons. The molecule has 4 heteroatoms. The molecule has 4 nitrogen and oxygen atoms in total. The zero-order valence-corrected chi connectivity index (χ0v) is 12.6. The molecule has 0 fully saturated rings. The molecule has 2 rings (SSSR count). The zero-order valence-electron chi connectivity index (χ0n) is 12.6. The van der Waals surface area contributed by atoms with Gasteiger partial charge in [-0.2, -0.15) is 5.10 Å². The molecular formula is C18H20N2O2. The van der Waals surface area contributed by atoms with Crippen molar-refractivity contribution >= 4 is 12.1 Å². The highest BCUT2D eigenvalue weighted by Crippen LogP contribution is 2.15. The van der Waals surface area contributed by atoms with E-state index in [0.717, 1.165) is 12.8 Å². The lowest BCUT2D eigenvalue weighted by Gasteiger charge is -2.09. The van der Waals surface area contributed by atoms with E-state index in [1.807, 2.05) is 18.2 Å². The first kappa shape index (κ1) is 15.8. The normalized spacial score (nSPS) is 12.2. The molecule has 0 saturated carbocycles.